The van der Waals surface area contributed by atoms with Gasteiger partial charge < -0.3 is 0 Å². The number of hydrogen-bond donors (Lipinski definition) is 0. The Morgan fingerprint density at radius 3 is 1.62 bits per heavy atom. The fraction of sp³-hybridized carbons (Fsp3) is 0.0909. The van der Waals surface area contributed by atoms with Crippen molar-refractivity contribution in [3.05, 3.63) is 133 Å². The predicted octanol–water partition coefficient (Wildman–Crippen LogP) is 9.79. The number of benzene rings is 6. The molecule has 0 fully saturated rings. The fourth-order valence-corrected chi connectivity index (χ4v) is 4.14. The molecule has 6 aromatic rings. The van der Waals surface area contributed by atoms with Crippen LogP contribution in [0.2, 0.25) is 0 Å². The van der Waals surface area contributed by atoms with E-state index in [2.05, 4.69) is 134 Å². The first-order chi connectivity index (χ1) is 16.7. The Morgan fingerprint density at radius 2 is 0.941 bits per heavy atom. The van der Waals surface area contributed by atoms with Crippen molar-refractivity contribution in [1.82, 2.24) is 0 Å². The lowest BCUT2D eigenvalue weighted by atomic mass is 9.99. The lowest BCUT2D eigenvalue weighted by Gasteiger charge is -2.06. The summed E-state index contributed by atoms with van der Waals surface area (Å²) in [5.74, 6) is 0. The molecule has 0 unspecified atom stereocenters. The minimum Gasteiger partial charge on any atom is -0.169 e. The number of aryl methyl sites for hydroxylation is 1. The van der Waals surface area contributed by atoms with Gasteiger partial charge in [-0.2, -0.15) is 11.8 Å². The Morgan fingerprint density at radius 1 is 0.412 bits per heavy atom. The first-order valence-electron chi connectivity index (χ1n) is 11.5. The molecule has 0 atom stereocenters. The van der Waals surface area contributed by atoms with E-state index in [1.165, 1.54) is 49.0 Å². The van der Waals surface area contributed by atoms with E-state index in [1.807, 2.05) is 12.5 Å². The Labute approximate surface area is 207 Å². The molecule has 0 aliphatic heterocycles. The normalized spacial score (nSPS) is 10.3. The SMILES string of the molecule is CSC.Cc1cccc2ccccc12.c1ccc(-c2ccc3cc4ccccc4cc3c2)cc1. The molecule has 0 spiro atoms. The second-order valence-electron chi connectivity index (χ2n) is 8.33. The summed E-state index contributed by atoms with van der Waals surface area (Å²) in [7, 11) is 0. The number of hydrogen-bond acceptors (Lipinski definition) is 1. The van der Waals surface area contributed by atoms with Crippen molar-refractivity contribution >= 4 is 44.1 Å². The van der Waals surface area contributed by atoms with Crippen LogP contribution in [0.3, 0.4) is 0 Å². The first kappa shape index (κ1) is 23.6. The maximum absolute atomic E-state index is 2.27. The van der Waals surface area contributed by atoms with Gasteiger partial charge in [0.05, 0.1) is 0 Å². The van der Waals surface area contributed by atoms with Crippen LogP contribution >= 0.6 is 11.8 Å². The highest BCUT2D eigenvalue weighted by Gasteiger charge is 2.01. The Hall–Kier alpha value is -3.55. The van der Waals surface area contributed by atoms with Gasteiger partial charge >= 0.3 is 0 Å². The number of thioether (sulfide) groups is 1. The Balaban J connectivity index is 0.000000165. The lowest BCUT2D eigenvalue weighted by Crippen LogP contribution is -1.80. The molecule has 0 amide bonds. The van der Waals surface area contributed by atoms with Crippen molar-refractivity contribution in [1.29, 1.82) is 0 Å². The molecule has 34 heavy (non-hydrogen) atoms. The van der Waals surface area contributed by atoms with Gasteiger partial charge in [0, 0.05) is 0 Å². The highest BCUT2D eigenvalue weighted by atomic mass is 32.2. The maximum atomic E-state index is 2.27. The van der Waals surface area contributed by atoms with Gasteiger partial charge in [0.1, 0.15) is 0 Å². The monoisotopic (exact) mass is 458 g/mol. The summed E-state index contributed by atoms with van der Waals surface area (Å²) >= 11 is 1.75. The molecule has 0 saturated carbocycles. The third kappa shape index (κ3) is 5.68. The van der Waals surface area contributed by atoms with Crippen molar-refractivity contribution in [3.8, 4) is 11.1 Å². The Kier molecular flexibility index (Phi) is 8.01. The van der Waals surface area contributed by atoms with Gasteiger partial charge in [-0.1, -0.05) is 109 Å². The molecule has 0 aliphatic rings. The van der Waals surface area contributed by atoms with Crippen LogP contribution in [-0.2, 0) is 0 Å². The summed E-state index contributed by atoms with van der Waals surface area (Å²) < 4.78 is 0. The quantitative estimate of drug-likeness (QED) is 0.221. The number of fused-ring (bicyclic) bond motifs is 3. The van der Waals surface area contributed by atoms with E-state index in [9.17, 15) is 0 Å². The molecule has 0 saturated heterocycles. The van der Waals surface area contributed by atoms with Gasteiger partial charge in [-0.25, -0.2) is 0 Å². The van der Waals surface area contributed by atoms with Crippen molar-refractivity contribution in [2.24, 2.45) is 0 Å². The zero-order chi connectivity index (χ0) is 23.8. The average Bonchev–Trinajstić information content (AvgIpc) is 2.89. The number of rotatable bonds is 1. The lowest BCUT2D eigenvalue weighted by molar-refractivity contribution is 1.53. The van der Waals surface area contributed by atoms with E-state index in [0.717, 1.165) is 0 Å². The smallest absolute Gasteiger partial charge is 0.0155 e. The predicted molar refractivity (Wildman–Crippen MR) is 155 cm³/mol. The minimum absolute atomic E-state index is 1.27. The molecule has 0 nitrogen and oxygen atoms in total. The standard InChI is InChI=1S/C20H14.C11H10.C2H6S/c1-2-6-15(7-3-1)18-10-11-19-12-16-8-4-5-9-17(16)13-20(19)14-18;1-9-5-4-7-10-6-2-3-8-11(9)10;1-3-2/h1-14H;2-8H,1H3;1-2H3. The highest BCUT2D eigenvalue weighted by molar-refractivity contribution is 7.97. The summed E-state index contributed by atoms with van der Waals surface area (Å²) in [5.41, 5.74) is 3.89. The topological polar surface area (TPSA) is 0 Å². The van der Waals surface area contributed by atoms with E-state index in [0.29, 0.717) is 0 Å². The van der Waals surface area contributed by atoms with Crippen LogP contribution in [-0.4, -0.2) is 12.5 Å². The second-order valence-corrected chi connectivity index (χ2v) is 9.15. The van der Waals surface area contributed by atoms with Crippen molar-refractivity contribution in [2.45, 2.75) is 6.92 Å². The molecule has 0 aliphatic carbocycles. The zero-order valence-electron chi connectivity index (χ0n) is 20.0. The largest absolute Gasteiger partial charge is 0.169 e. The molecule has 6 aromatic carbocycles. The summed E-state index contributed by atoms with van der Waals surface area (Å²) in [6.45, 7) is 2.14. The zero-order valence-corrected chi connectivity index (χ0v) is 20.8. The fourth-order valence-electron chi connectivity index (χ4n) is 4.14. The van der Waals surface area contributed by atoms with Gasteiger partial charge in [0.25, 0.3) is 0 Å². The third-order valence-corrected chi connectivity index (χ3v) is 5.82. The van der Waals surface area contributed by atoms with Crippen LogP contribution in [0.15, 0.2) is 127 Å². The van der Waals surface area contributed by atoms with Crippen LogP contribution in [0, 0.1) is 6.92 Å². The highest BCUT2D eigenvalue weighted by Crippen LogP contribution is 2.27. The molecule has 0 heterocycles. The van der Waals surface area contributed by atoms with Crippen LogP contribution in [0.4, 0.5) is 0 Å². The van der Waals surface area contributed by atoms with Crippen LogP contribution in [0.1, 0.15) is 5.56 Å². The molecule has 0 bridgehead atoms. The van der Waals surface area contributed by atoms with Crippen molar-refractivity contribution in [2.75, 3.05) is 12.5 Å². The van der Waals surface area contributed by atoms with Crippen molar-refractivity contribution < 1.29 is 0 Å². The summed E-state index contributed by atoms with van der Waals surface area (Å²) in [5, 5.41) is 7.87. The minimum atomic E-state index is 1.27. The van der Waals surface area contributed by atoms with Gasteiger partial charge in [0.2, 0.25) is 0 Å². The maximum Gasteiger partial charge on any atom is -0.0155 e. The second kappa shape index (κ2) is 11.5. The summed E-state index contributed by atoms with van der Waals surface area (Å²) in [4.78, 5) is 0. The van der Waals surface area contributed by atoms with Crippen LogP contribution in [0.25, 0.3) is 43.4 Å². The van der Waals surface area contributed by atoms with Gasteiger partial charge in [-0.3, -0.25) is 0 Å². The van der Waals surface area contributed by atoms with E-state index >= 15 is 0 Å². The molecule has 6 rings (SSSR count). The van der Waals surface area contributed by atoms with Gasteiger partial charge in [-0.05, 0) is 86.6 Å². The molecule has 0 aromatic heterocycles. The summed E-state index contributed by atoms with van der Waals surface area (Å²) in [6.07, 6.45) is 4.08. The van der Waals surface area contributed by atoms with Gasteiger partial charge in [-0.15, -0.1) is 0 Å². The molecule has 1 heteroatoms. The van der Waals surface area contributed by atoms with Crippen LogP contribution in [0.5, 0.6) is 0 Å². The summed E-state index contributed by atoms with van der Waals surface area (Å²) in [6, 6.07) is 45.1. The van der Waals surface area contributed by atoms with E-state index < -0.39 is 0 Å². The molecule has 0 radical (unpaired) electrons. The molecule has 168 valence electrons. The average molecular weight is 459 g/mol. The Bertz CT molecular complexity index is 1490. The van der Waals surface area contributed by atoms with Crippen molar-refractivity contribution in [3.63, 3.8) is 0 Å². The van der Waals surface area contributed by atoms with Gasteiger partial charge in [0.15, 0.2) is 0 Å². The van der Waals surface area contributed by atoms with Crippen LogP contribution < -0.4 is 0 Å². The molecular formula is C33H30S. The van der Waals surface area contributed by atoms with E-state index in [4.69, 9.17) is 0 Å². The first-order valence-corrected chi connectivity index (χ1v) is 13.2. The van der Waals surface area contributed by atoms with E-state index in [1.54, 1.807) is 11.8 Å². The molecule has 0 N–H and O–H groups in total. The third-order valence-electron chi connectivity index (χ3n) is 5.82. The molecular weight excluding hydrogens is 428 g/mol. The van der Waals surface area contributed by atoms with E-state index in [-0.39, 0.29) is 0 Å².